The molecule has 1 aromatic heterocycles. The number of rotatable bonds is 4. The standard InChI is InChI=1S/C17H14BrN3O4S/c1-25-16-5-3-11(26(19,23)24)9-13(16)17(22)21-15-6-7-20-14-4-2-10(18)8-12(14)15/h2-9H,1H3,(H2,19,23,24)(H,20,21,22). The summed E-state index contributed by atoms with van der Waals surface area (Å²) >= 11 is 3.39. The lowest BCUT2D eigenvalue weighted by atomic mass is 10.1. The van der Waals surface area contributed by atoms with Crippen molar-refractivity contribution in [3.8, 4) is 5.75 Å². The molecule has 134 valence electrons. The monoisotopic (exact) mass is 435 g/mol. The number of aromatic nitrogens is 1. The first-order chi connectivity index (χ1) is 12.3. The first kappa shape index (κ1) is 18.3. The Labute approximate surface area is 158 Å². The van der Waals surface area contributed by atoms with Crippen LogP contribution in [0.5, 0.6) is 5.75 Å². The number of methoxy groups -OCH3 is 1. The Morgan fingerprint density at radius 1 is 1.19 bits per heavy atom. The number of carbonyl (C=O) groups is 1. The van der Waals surface area contributed by atoms with Crippen LogP contribution in [0, 0.1) is 0 Å². The number of ether oxygens (including phenoxy) is 1. The van der Waals surface area contributed by atoms with Crippen LogP contribution in [-0.4, -0.2) is 26.4 Å². The number of nitrogens with zero attached hydrogens (tertiary/aromatic N) is 1. The lowest BCUT2D eigenvalue weighted by molar-refractivity contribution is 0.102. The summed E-state index contributed by atoms with van der Waals surface area (Å²) in [6, 6.07) is 11.0. The summed E-state index contributed by atoms with van der Waals surface area (Å²) in [7, 11) is -2.56. The lowest BCUT2D eigenvalue weighted by Gasteiger charge is -2.12. The van der Waals surface area contributed by atoms with E-state index in [1.165, 1.54) is 25.3 Å². The third kappa shape index (κ3) is 3.69. The molecular weight excluding hydrogens is 422 g/mol. The van der Waals surface area contributed by atoms with Gasteiger partial charge in [0.05, 0.1) is 28.8 Å². The third-order valence-corrected chi connectivity index (χ3v) is 5.10. The first-order valence-corrected chi connectivity index (χ1v) is 9.70. The number of anilines is 1. The molecule has 0 bridgehead atoms. The van der Waals surface area contributed by atoms with Gasteiger partial charge in [-0.15, -0.1) is 0 Å². The van der Waals surface area contributed by atoms with Gasteiger partial charge in [-0.25, -0.2) is 13.6 Å². The Morgan fingerprint density at radius 3 is 2.65 bits per heavy atom. The molecule has 0 spiro atoms. The SMILES string of the molecule is COc1ccc(S(N)(=O)=O)cc1C(=O)Nc1ccnc2ccc(Br)cc12. The third-order valence-electron chi connectivity index (χ3n) is 3.70. The molecule has 0 saturated carbocycles. The molecule has 2 aromatic carbocycles. The van der Waals surface area contributed by atoms with Crippen LogP contribution in [0.15, 0.2) is 58.0 Å². The van der Waals surface area contributed by atoms with Gasteiger partial charge in [-0.2, -0.15) is 0 Å². The van der Waals surface area contributed by atoms with Crippen molar-refractivity contribution < 1.29 is 17.9 Å². The van der Waals surface area contributed by atoms with E-state index in [0.29, 0.717) is 11.2 Å². The number of primary sulfonamides is 1. The molecule has 0 aliphatic heterocycles. The van der Waals surface area contributed by atoms with E-state index in [2.05, 4.69) is 26.2 Å². The average molecular weight is 436 g/mol. The molecule has 3 aromatic rings. The fourth-order valence-electron chi connectivity index (χ4n) is 2.46. The molecular formula is C17H14BrN3O4S. The molecule has 0 aliphatic carbocycles. The molecule has 0 fully saturated rings. The number of nitrogens with one attached hydrogen (secondary N) is 1. The molecule has 1 amide bonds. The van der Waals surface area contributed by atoms with Gasteiger partial charge in [0.25, 0.3) is 5.91 Å². The topological polar surface area (TPSA) is 111 Å². The number of benzene rings is 2. The lowest BCUT2D eigenvalue weighted by Crippen LogP contribution is -2.17. The number of fused-ring (bicyclic) bond motifs is 1. The van der Waals surface area contributed by atoms with Crippen LogP contribution in [0.1, 0.15) is 10.4 Å². The fraction of sp³-hybridized carbons (Fsp3) is 0.0588. The predicted molar refractivity (Wildman–Crippen MR) is 102 cm³/mol. The van der Waals surface area contributed by atoms with Crippen LogP contribution >= 0.6 is 15.9 Å². The largest absolute Gasteiger partial charge is 0.496 e. The Kier molecular flexibility index (Phi) is 4.94. The zero-order chi connectivity index (χ0) is 18.9. The summed E-state index contributed by atoms with van der Waals surface area (Å²) in [5, 5.41) is 8.65. The van der Waals surface area contributed by atoms with Gasteiger partial charge in [-0.1, -0.05) is 15.9 Å². The number of sulfonamides is 1. The quantitative estimate of drug-likeness (QED) is 0.654. The van der Waals surface area contributed by atoms with Crippen LogP contribution in [0.2, 0.25) is 0 Å². The van der Waals surface area contributed by atoms with E-state index in [-0.39, 0.29) is 16.2 Å². The van der Waals surface area contributed by atoms with Gasteiger partial charge < -0.3 is 10.1 Å². The molecule has 26 heavy (non-hydrogen) atoms. The molecule has 0 saturated heterocycles. The van der Waals surface area contributed by atoms with Crippen molar-refractivity contribution in [3.63, 3.8) is 0 Å². The number of nitrogens with two attached hydrogens (primary N) is 1. The summed E-state index contributed by atoms with van der Waals surface area (Å²) < 4.78 is 29.1. The zero-order valence-corrected chi connectivity index (χ0v) is 16.0. The van der Waals surface area contributed by atoms with Crippen molar-refractivity contribution in [3.05, 3.63) is 58.7 Å². The van der Waals surface area contributed by atoms with Gasteiger partial charge >= 0.3 is 0 Å². The maximum Gasteiger partial charge on any atom is 0.259 e. The van der Waals surface area contributed by atoms with Crippen LogP contribution in [-0.2, 0) is 10.0 Å². The van der Waals surface area contributed by atoms with Crippen molar-refractivity contribution in [2.75, 3.05) is 12.4 Å². The molecule has 0 atom stereocenters. The van der Waals surface area contributed by atoms with E-state index < -0.39 is 15.9 Å². The summed E-state index contributed by atoms with van der Waals surface area (Å²) in [5.41, 5.74) is 1.29. The summed E-state index contributed by atoms with van der Waals surface area (Å²) in [5.74, 6) is -0.297. The van der Waals surface area contributed by atoms with Gasteiger partial charge in [-0.05, 0) is 42.5 Å². The second kappa shape index (κ2) is 7.02. The highest BCUT2D eigenvalue weighted by Gasteiger charge is 2.18. The molecule has 1 heterocycles. The summed E-state index contributed by atoms with van der Waals surface area (Å²) in [4.78, 5) is 16.8. The Hall–Kier alpha value is -2.49. The van der Waals surface area contributed by atoms with Crippen molar-refractivity contribution in [2.45, 2.75) is 4.90 Å². The van der Waals surface area contributed by atoms with E-state index in [0.717, 1.165) is 9.86 Å². The Morgan fingerprint density at radius 2 is 1.96 bits per heavy atom. The second-order valence-corrected chi connectivity index (χ2v) is 7.86. The highest BCUT2D eigenvalue weighted by Crippen LogP contribution is 2.27. The van der Waals surface area contributed by atoms with Gasteiger partial charge in [0.15, 0.2) is 0 Å². The minimum atomic E-state index is -3.95. The fourth-order valence-corrected chi connectivity index (χ4v) is 3.36. The molecule has 7 nitrogen and oxygen atoms in total. The smallest absolute Gasteiger partial charge is 0.259 e. The van der Waals surface area contributed by atoms with E-state index in [1.54, 1.807) is 12.3 Å². The summed E-state index contributed by atoms with van der Waals surface area (Å²) in [6.07, 6.45) is 1.57. The van der Waals surface area contributed by atoms with Gasteiger partial charge in [0, 0.05) is 16.1 Å². The van der Waals surface area contributed by atoms with Crippen molar-refractivity contribution in [1.29, 1.82) is 0 Å². The normalized spacial score (nSPS) is 11.3. The molecule has 3 rings (SSSR count). The van der Waals surface area contributed by atoms with Crippen LogP contribution in [0.25, 0.3) is 10.9 Å². The number of hydrogen-bond donors (Lipinski definition) is 2. The molecule has 3 N–H and O–H groups in total. The number of carbonyl (C=O) groups excluding carboxylic acids is 1. The molecule has 0 radical (unpaired) electrons. The average Bonchev–Trinajstić information content (AvgIpc) is 2.60. The maximum absolute atomic E-state index is 12.7. The van der Waals surface area contributed by atoms with E-state index in [4.69, 9.17) is 9.88 Å². The first-order valence-electron chi connectivity index (χ1n) is 7.36. The van der Waals surface area contributed by atoms with Crippen molar-refractivity contribution in [2.24, 2.45) is 5.14 Å². The number of hydrogen-bond acceptors (Lipinski definition) is 5. The summed E-state index contributed by atoms with van der Waals surface area (Å²) in [6.45, 7) is 0. The zero-order valence-electron chi connectivity index (χ0n) is 13.6. The molecule has 0 aliphatic rings. The highest BCUT2D eigenvalue weighted by molar-refractivity contribution is 9.10. The molecule has 9 heteroatoms. The number of pyridine rings is 1. The van der Waals surface area contributed by atoms with E-state index in [1.807, 2.05) is 18.2 Å². The van der Waals surface area contributed by atoms with Gasteiger partial charge in [0.2, 0.25) is 10.0 Å². The van der Waals surface area contributed by atoms with Crippen LogP contribution < -0.4 is 15.2 Å². The van der Waals surface area contributed by atoms with Crippen LogP contribution in [0.3, 0.4) is 0 Å². The van der Waals surface area contributed by atoms with E-state index >= 15 is 0 Å². The number of halogens is 1. The van der Waals surface area contributed by atoms with Gasteiger partial charge in [-0.3, -0.25) is 9.78 Å². The maximum atomic E-state index is 12.7. The van der Waals surface area contributed by atoms with E-state index in [9.17, 15) is 13.2 Å². The minimum Gasteiger partial charge on any atom is -0.496 e. The van der Waals surface area contributed by atoms with Crippen LogP contribution in [0.4, 0.5) is 5.69 Å². The Balaban J connectivity index is 2.05. The molecule has 0 unspecified atom stereocenters. The predicted octanol–water partition coefficient (Wildman–Crippen LogP) is 2.91. The van der Waals surface area contributed by atoms with Gasteiger partial charge in [0.1, 0.15) is 5.75 Å². The second-order valence-electron chi connectivity index (χ2n) is 5.38. The highest BCUT2D eigenvalue weighted by atomic mass is 79.9. The van der Waals surface area contributed by atoms with Crippen molar-refractivity contribution in [1.82, 2.24) is 4.98 Å². The number of amides is 1. The van der Waals surface area contributed by atoms with Crippen molar-refractivity contribution >= 4 is 48.5 Å². The minimum absolute atomic E-state index is 0.0546. The Bertz CT molecular complexity index is 1120.